The molecule has 0 radical (unpaired) electrons. The van der Waals surface area contributed by atoms with Crippen LogP contribution in [0.1, 0.15) is 20.3 Å². The van der Waals surface area contributed by atoms with Gasteiger partial charge in [-0.1, -0.05) is 18.2 Å². The fourth-order valence-corrected chi connectivity index (χ4v) is 2.82. The Morgan fingerprint density at radius 1 is 1.35 bits per heavy atom. The van der Waals surface area contributed by atoms with Crippen LogP contribution in [0.2, 0.25) is 0 Å². The first-order chi connectivity index (χ1) is 8.11. The Balaban J connectivity index is 1.98. The van der Waals surface area contributed by atoms with Crippen LogP contribution in [0, 0.1) is 16.7 Å². The van der Waals surface area contributed by atoms with Crippen molar-refractivity contribution >= 4 is 22.7 Å². The lowest BCUT2D eigenvalue weighted by Crippen LogP contribution is -2.08. The van der Waals surface area contributed by atoms with E-state index in [0.29, 0.717) is 0 Å². The summed E-state index contributed by atoms with van der Waals surface area (Å²) in [5.74, 6) is 0.966. The van der Waals surface area contributed by atoms with Crippen molar-refractivity contribution in [3.63, 3.8) is 0 Å². The van der Waals surface area contributed by atoms with E-state index in [2.05, 4.69) is 29.3 Å². The van der Waals surface area contributed by atoms with Gasteiger partial charge in [-0.3, -0.25) is 0 Å². The van der Waals surface area contributed by atoms with Crippen molar-refractivity contribution in [1.29, 1.82) is 5.26 Å². The zero-order valence-electron chi connectivity index (χ0n) is 10.2. The highest BCUT2D eigenvalue weighted by atomic mass is 32.2. The van der Waals surface area contributed by atoms with Gasteiger partial charge in [0.1, 0.15) is 0 Å². The molecule has 0 aliphatic heterocycles. The molecule has 0 aliphatic carbocycles. The van der Waals surface area contributed by atoms with Crippen LogP contribution in [0.15, 0.2) is 35.4 Å². The van der Waals surface area contributed by atoms with E-state index in [4.69, 9.17) is 5.26 Å². The van der Waals surface area contributed by atoms with Gasteiger partial charge in [-0.15, -0.1) is 11.8 Å². The molecule has 1 aromatic carbocycles. The topological polar surface area (TPSA) is 39.6 Å². The quantitative estimate of drug-likeness (QED) is 0.819. The van der Waals surface area contributed by atoms with Crippen LogP contribution in [-0.4, -0.2) is 10.7 Å². The Bertz CT molecular complexity index is 516. The molecule has 0 fully saturated rings. The van der Waals surface area contributed by atoms with E-state index >= 15 is 0 Å². The fourth-order valence-electron chi connectivity index (χ4n) is 1.60. The molecule has 0 amide bonds. The number of fused-ring (bicyclic) bond motifs is 1. The summed E-state index contributed by atoms with van der Waals surface area (Å²) in [4.78, 5) is 3.38. The zero-order chi connectivity index (χ0) is 12.3. The second-order valence-electron chi connectivity index (χ2n) is 4.81. The van der Waals surface area contributed by atoms with Crippen LogP contribution in [0.25, 0.3) is 10.9 Å². The summed E-state index contributed by atoms with van der Waals surface area (Å²) < 4.78 is 0. The van der Waals surface area contributed by atoms with Gasteiger partial charge in [0.05, 0.1) is 16.5 Å². The van der Waals surface area contributed by atoms with Crippen molar-refractivity contribution in [1.82, 2.24) is 4.98 Å². The summed E-state index contributed by atoms with van der Waals surface area (Å²) >= 11 is 1.78. The highest BCUT2D eigenvalue weighted by Gasteiger charge is 2.16. The first-order valence-electron chi connectivity index (χ1n) is 5.72. The number of nitrogens with zero attached hydrogens (tertiary/aromatic N) is 1. The number of nitriles is 1. The summed E-state index contributed by atoms with van der Waals surface area (Å²) in [6.07, 6.45) is 0.906. The molecule has 88 valence electrons. The third kappa shape index (κ3) is 3.04. The second kappa shape index (κ2) is 4.85. The lowest BCUT2D eigenvalue weighted by Gasteiger charge is -2.13. The van der Waals surface area contributed by atoms with Gasteiger partial charge in [-0.05, 0) is 32.4 Å². The summed E-state index contributed by atoms with van der Waals surface area (Å²) in [6.45, 7) is 3.97. The Morgan fingerprint density at radius 3 is 2.82 bits per heavy atom. The highest BCUT2D eigenvalue weighted by Crippen LogP contribution is 2.27. The van der Waals surface area contributed by atoms with E-state index in [1.54, 1.807) is 11.8 Å². The number of hydrogen-bond donors (Lipinski definition) is 1. The maximum Gasteiger partial charge on any atom is 0.0732 e. The maximum absolute atomic E-state index is 8.94. The van der Waals surface area contributed by atoms with Crippen molar-refractivity contribution in [3.05, 3.63) is 30.3 Å². The molecule has 3 heteroatoms. The van der Waals surface area contributed by atoms with E-state index in [1.165, 1.54) is 15.9 Å². The van der Waals surface area contributed by atoms with Crippen molar-refractivity contribution in [3.8, 4) is 6.07 Å². The predicted molar refractivity (Wildman–Crippen MR) is 73.0 cm³/mol. The maximum atomic E-state index is 8.94. The minimum Gasteiger partial charge on any atom is -0.350 e. The van der Waals surface area contributed by atoms with Crippen LogP contribution in [0.5, 0.6) is 0 Å². The van der Waals surface area contributed by atoms with Crippen LogP contribution in [0.3, 0.4) is 0 Å². The first-order valence-corrected chi connectivity index (χ1v) is 6.71. The molecule has 1 aromatic heterocycles. The van der Waals surface area contributed by atoms with Crippen molar-refractivity contribution in [2.24, 2.45) is 5.41 Å². The van der Waals surface area contributed by atoms with E-state index < -0.39 is 0 Å². The average molecular weight is 244 g/mol. The lowest BCUT2D eigenvalue weighted by atomic mass is 9.93. The first kappa shape index (κ1) is 12.1. The van der Waals surface area contributed by atoms with Gasteiger partial charge < -0.3 is 4.98 Å². The van der Waals surface area contributed by atoms with Gasteiger partial charge >= 0.3 is 0 Å². The normalized spacial score (nSPS) is 11.6. The average Bonchev–Trinajstić information content (AvgIpc) is 2.71. The van der Waals surface area contributed by atoms with E-state index in [-0.39, 0.29) is 5.41 Å². The summed E-state index contributed by atoms with van der Waals surface area (Å²) in [5.41, 5.74) is 0.952. The van der Waals surface area contributed by atoms with Gasteiger partial charge in [-0.2, -0.15) is 5.26 Å². The van der Waals surface area contributed by atoms with Gasteiger partial charge in [0.25, 0.3) is 0 Å². The monoisotopic (exact) mass is 244 g/mol. The molecule has 0 spiro atoms. The molecule has 2 aromatic rings. The van der Waals surface area contributed by atoms with Gasteiger partial charge in [-0.25, -0.2) is 0 Å². The molecule has 0 bridgehead atoms. The van der Waals surface area contributed by atoms with Crippen LogP contribution < -0.4 is 0 Å². The van der Waals surface area contributed by atoms with E-state index in [1.807, 2.05) is 26.0 Å². The smallest absolute Gasteiger partial charge is 0.0732 e. The third-order valence-corrected chi connectivity index (χ3v) is 3.73. The molecule has 0 saturated heterocycles. The van der Waals surface area contributed by atoms with Gasteiger partial charge in [0, 0.05) is 16.7 Å². The van der Waals surface area contributed by atoms with E-state index in [9.17, 15) is 0 Å². The van der Waals surface area contributed by atoms with E-state index in [0.717, 1.165) is 12.2 Å². The fraction of sp³-hybridized carbons (Fsp3) is 0.357. The number of para-hydroxylation sites is 1. The lowest BCUT2D eigenvalue weighted by molar-refractivity contribution is 0.482. The second-order valence-corrected chi connectivity index (χ2v) is 5.95. The number of aromatic amines is 1. The molecular formula is C14H16N2S. The summed E-state index contributed by atoms with van der Waals surface area (Å²) in [7, 11) is 0. The molecule has 0 unspecified atom stereocenters. The number of H-pyrrole nitrogens is 1. The molecule has 17 heavy (non-hydrogen) atoms. The summed E-state index contributed by atoms with van der Waals surface area (Å²) in [6, 6.07) is 12.8. The number of benzene rings is 1. The van der Waals surface area contributed by atoms with Gasteiger partial charge in [0.15, 0.2) is 0 Å². The molecule has 0 aliphatic rings. The standard InChI is InChI=1S/C14H16N2S/c1-14(2,10-15)7-8-17-13-9-11-5-3-4-6-12(11)16-13/h3-6,9,16H,7-8H2,1-2H3. The molecule has 1 N–H and O–H groups in total. The predicted octanol–water partition coefficient (Wildman–Crippen LogP) is 4.20. The van der Waals surface area contributed by atoms with Crippen molar-refractivity contribution < 1.29 is 0 Å². The Kier molecular flexibility index (Phi) is 3.44. The molecule has 2 nitrogen and oxygen atoms in total. The van der Waals surface area contributed by atoms with Crippen LogP contribution in [-0.2, 0) is 0 Å². The van der Waals surface area contributed by atoms with Crippen LogP contribution in [0.4, 0.5) is 0 Å². The molecule has 2 rings (SSSR count). The number of rotatable bonds is 4. The highest BCUT2D eigenvalue weighted by molar-refractivity contribution is 7.99. The SMILES string of the molecule is CC(C)(C#N)CCSc1cc2ccccc2[nH]1. The largest absolute Gasteiger partial charge is 0.350 e. The van der Waals surface area contributed by atoms with Crippen LogP contribution >= 0.6 is 11.8 Å². The van der Waals surface area contributed by atoms with Crippen molar-refractivity contribution in [2.45, 2.75) is 25.3 Å². The minimum absolute atomic E-state index is 0.223. The Labute approximate surface area is 106 Å². The molecule has 0 atom stereocenters. The molecule has 0 saturated carbocycles. The summed E-state index contributed by atoms with van der Waals surface area (Å²) in [5, 5.41) is 11.4. The molecular weight excluding hydrogens is 228 g/mol. The minimum atomic E-state index is -0.223. The number of aromatic nitrogens is 1. The number of nitrogens with one attached hydrogen (secondary N) is 1. The Hall–Kier alpha value is -1.40. The number of hydrogen-bond acceptors (Lipinski definition) is 2. The zero-order valence-corrected chi connectivity index (χ0v) is 11.0. The number of thioether (sulfide) groups is 1. The third-order valence-electron chi connectivity index (χ3n) is 2.79. The van der Waals surface area contributed by atoms with Crippen molar-refractivity contribution in [2.75, 3.05) is 5.75 Å². The van der Waals surface area contributed by atoms with Gasteiger partial charge in [0.2, 0.25) is 0 Å². The molecule has 1 heterocycles. The Morgan fingerprint density at radius 2 is 2.12 bits per heavy atom.